The molecule has 0 bridgehead atoms. The van der Waals surface area contributed by atoms with Crippen molar-refractivity contribution >= 4 is 50.3 Å². The van der Waals surface area contributed by atoms with Crippen LogP contribution in [0.3, 0.4) is 0 Å². The minimum absolute atomic E-state index is 0.0574. The molecular formula is C33H33ClF3N5O5S. The fraction of sp³-hybridized carbons (Fsp3) is 0.364. The van der Waals surface area contributed by atoms with E-state index in [1.165, 1.54) is 30.5 Å². The number of fused-ring (bicyclic) bond motifs is 2. The summed E-state index contributed by atoms with van der Waals surface area (Å²) in [5, 5.41) is 13.4. The zero-order valence-electron chi connectivity index (χ0n) is 26.3. The van der Waals surface area contributed by atoms with Crippen molar-refractivity contribution in [3.05, 3.63) is 76.2 Å². The summed E-state index contributed by atoms with van der Waals surface area (Å²) < 4.78 is 81.2. The number of aliphatic hydroxyl groups excluding tert-OH is 1. The van der Waals surface area contributed by atoms with Gasteiger partial charge in [0.05, 0.1) is 33.2 Å². The van der Waals surface area contributed by atoms with Gasteiger partial charge in [-0.1, -0.05) is 11.6 Å². The van der Waals surface area contributed by atoms with Crippen molar-refractivity contribution in [3.63, 3.8) is 0 Å². The standard InChI is InChI=1S/C33H33ClF3N5O5S/c1-33(2,3)47-32(44)42-12-10-18(11-13-42)39-31-38-16-22-24(40-31)7-4-20(29(22)36)28-23(35)6-8-25(30(28)37)41-48(45,46)27-15-17(34)14-21-19(27)5-9-26(21)43/h4,6-8,14-16,18,26,41,43H,5,9-13H2,1-3H3,(H,38,39,40)/t26-/m1/s1. The Morgan fingerprint density at radius 2 is 1.79 bits per heavy atom. The highest BCUT2D eigenvalue weighted by Crippen LogP contribution is 2.39. The van der Waals surface area contributed by atoms with Gasteiger partial charge in [-0.2, -0.15) is 0 Å². The molecule has 48 heavy (non-hydrogen) atoms. The fourth-order valence-electron chi connectivity index (χ4n) is 6.00. The first-order valence-corrected chi connectivity index (χ1v) is 17.2. The second-order valence-corrected chi connectivity index (χ2v) is 14.9. The number of sulfonamides is 1. The Morgan fingerprint density at radius 1 is 1.06 bits per heavy atom. The number of amides is 1. The van der Waals surface area contributed by atoms with E-state index in [1.54, 1.807) is 25.7 Å². The second kappa shape index (κ2) is 12.7. The van der Waals surface area contributed by atoms with Crippen molar-refractivity contribution in [1.29, 1.82) is 0 Å². The largest absolute Gasteiger partial charge is 0.444 e. The predicted octanol–water partition coefficient (Wildman–Crippen LogP) is 6.96. The van der Waals surface area contributed by atoms with Gasteiger partial charge in [-0.15, -0.1) is 0 Å². The smallest absolute Gasteiger partial charge is 0.410 e. The molecule has 1 aliphatic heterocycles. The maximum absolute atomic E-state index is 15.9. The maximum Gasteiger partial charge on any atom is 0.410 e. The van der Waals surface area contributed by atoms with Gasteiger partial charge in [0.1, 0.15) is 17.2 Å². The molecule has 0 spiro atoms. The van der Waals surface area contributed by atoms with Crippen molar-refractivity contribution in [2.75, 3.05) is 23.1 Å². The third-order valence-electron chi connectivity index (χ3n) is 8.31. The number of nitrogens with zero attached hydrogens (tertiary/aromatic N) is 3. The molecule has 0 unspecified atom stereocenters. The minimum Gasteiger partial charge on any atom is -0.444 e. The van der Waals surface area contributed by atoms with Crippen LogP contribution < -0.4 is 10.0 Å². The lowest BCUT2D eigenvalue weighted by molar-refractivity contribution is 0.0210. The average molecular weight is 704 g/mol. The Kier molecular flexibility index (Phi) is 8.94. The SMILES string of the molecule is CC(C)(C)OC(=O)N1CCC(Nc2ncc3c(F)c(-c4c(F)ccc(NS(=O)(=O)c5cc(Cl)cc6c5CC[C@H]6O)c4F)ccc3n2)CC1. The van der Waals surface area contributed by atoms with Crippen molar-refractivity contribution in [3.8, 4) is 11.1 Å². The van der Waals surface area contributed by atoms with E-state index in [4.69, 9.17) is 16.3 Å². The molecule has 0 saturated carbocycles. The number of piperidine rings is 1. The monoisotopic (exact) mass is 703 g/mol. The first-order valence-electron chi connectivity index (χ1n) is 15.3. The quantitative estimate of drug-likeness (QED) is 0.196. The van der Waals surface area contributed by atoms with E-state index in [0.29, 0.717) is 43.5 Å². The van der Waals surface area contributed by atoms with Gasteiger partial charge in [0.15, 0.2) is 5.82 Å². The normalized spacial score (nSPS) is 17.0. The molecule has 1 amide bonds. The molecule has 1 aliphatic carbocycles. The minimum atomic E-state index is -4.45. The second-order valence-electron chi connectivity index (χ2n) is 12.9. The summed E-state index contributed by atoms with van der Waals surface area (Å²) >= 11 is 6.12. The summed E-state index contributed by atoms with van der Waals surface area (Å²) in [6.07, 6.45) is 1.70. The van der Waals surface area contributed by atoms with Gasteiger partial charge in [-0.3, -0.25) is 4.72 Å². The molecule has 0 radical (unpaired) electrons. The van der Waals surface area contributed by atoms with Gasteiger partial charge < -0.3 is 20.1 Å². The number of anilines is 2. The number of carbonyl (C=O) groups excluding carboxylic acids is 1. The van der Waals surface area contributed by atoms with Crippen LogP contribution in [0.1, 0.15) is 57.3 Å². The summed E-state index contributed by atoms with van der Waals surface area (Å²) in [6.45, 7) is 6.35. The van der Waals surface area contributed by atoms with Crippen molar-refractivity contribution < 1.29 is 36.2 Å². The van der Waals surface area contributed by atoms with Crippen molar-refractivity contribution in [2.24, 2.45) is 0 Å². The van der Waals surface area contributed by atoms with Crippen molar-refractivity contribution in [2.45, 2.75) is 69.1 Å². The number of benzene rings is 3. The first-order chi connectivity index (χ1) is 22.6. The van der Waals surface area contributed by atoms with E-state index < -0.39 is 56.0 Å². The van der Waals surface area contributed by atoms with Crippen LogP contribution in [0.5, 0.6) is 0 Å². The highest BCUT2D eigenvalue weighted by Gasteiger charge is 2.31. The van der Waals surface area contributed by atoms with E-state index in [1.807, 2.05) is 0 Å². The van der Waals surface area contributed by atoms with Crippen LogP contribution in [0.25, 0.3) is 22.0 Å². The number of halogens is 4. The molecule has 10 nitrogen and oxygen atoms in total. The van der Waals surface area contributed by atoms with Gasteiger partial charge in [0.25, 0.3) is 10.0 Å². The summed E-state index contributed by atoms with van der Waals surface area (Å²) in [4.78, 5) is 22.3. The average Bonchev–Trinajstić information content (AvgIpc) is 3.38. The first kappa shape index (κ1) is 33.7. The van der Waals surface area contributed by atoms with Gasteiger partial charge >= 0.3 is 6.09 Å². The van der Waals surface area contributed by atoms with Gasteiger partial charge in [0, 0.05) is 35.9 Å². The molecule has 3 N–H and O–H groups in total. The topological polar surface area (TPSA) is 134 Å². The van der Waals surface area contributed by atoms with Gasteiger partial charge in [-0.25, -0.2) is 36.4 Å². The third-order valence-corrected chi connectivity index (χ3v) is 9.96. The fourth-order valence-corrected chi connectivity index (χ4v) is 7.68. The van der Waals surface area contributed by atoms with Crippen LogP contribution in [-0.2, 0) is 21.2 Å². The lowest BCUT2D eigenvalue weighted by atomic mass is 10.0. The summed E-state index contributed by atoms with van der Waals surface area (Å²) in [6, 6.07) is 6.92. The summed E-state index contributed by atoms with van der Waals surface area (Å²) in [7, 11) is -4.45. The number of hydrogen-bond donors (Lipinski definition) is 3. The zero-order valence-corrected chi connectivity index (χ0v) is 27.9. The molecule has 1 atom stereocenters. The van der Waals surface area contributed by atoms with E-state index in [0.717, 1.165) is 12.1 Å². The molecule has 4 aromatic rings. The number of carbonyl (C=O) groups is 1. The molecule has 1 saturated heterocycles. The lowest BCUT2D eigenvalue weighted by Gasteiger charge is -2.33. The molecule has 15 heteroatoms. The van der Waals surface area contributed by atoms with E-state index in [9.17, 15) is 18.3 Å². The Morgan fingerprint density at radius 3 is 2.50 bits per heavy atom. The lowest BCUT2D eigenvalue weighted by Crippen LogP contribution is -2.44. The summed E-state index contributed by atoms with van der Waals surface area (Å²) in [5.41, 5.74) is -1.54. The molecule has 6 rings (SSSR count). The van der Waals surface area contributed by atoms with E-state index in [-0.39, 0.29) is 45.3 Å². The molecule has 3 aromatic carbocycles. The molecule has 1 aromatic heterocycles. The Balaban J connectivity index is 1.22. The molecule has 254 valence electrons. The number of hydrogen-bond acceptors (Lipinski definition) is 8. The highest BCUT2D eigenvalue weighted by molar-refractivity contribution is 7.92. The molecule has 2 heterocycles. The number of aliphatic hydroxyl groups is 1. The summed E-state index contributed by atoms with van der Waals surface area (Å²) in [5.74, 6) is -3.21. The Labute approximate surface area is 280 Å². The number of likely N-dealkylation sites (tertiary alicyclic amines) is 1. The van der Waals surface area contributed by atoms with Crippen LogP contribution in [0, 0.1) is 17.5 Å². The number of nitrogens with one attached hydrogen (secondary N) is 2. The van der Waals surface area contributed by atoms with Crippen LogP contribution in [0.4, 0.5) is 29.6 Å². The van der Waals surface area contributed by atoms with Gasteiger partial charge in [-0.05, 0) is 94.0 Å². The van der Waals surface area contributed by atoms with E-state index in [2.05, 4.69) is 20.0 Å². The molecule has 2 aliphatic rings. The predicted molar refractivity (Wildman–Crippen MR) is 175 cm³/mol. The third kappa shape index (κ3) is 6.74. The van der Waals surface area contributed by atoms with E-state index >= 15 is 13.2 Å². The van der Waals surface area contributed by atoms with Crippen LogP contribution in [0.2, 0.25) is 5.02 Å². The Hall–Kier alpha value is -4.14. The maximum atomic E-state index is 15.9. The van der Waals surface area contributed by atoms with Crippen molar-refractivity contribution in [1.82, 2.24) is 14.9 Å². The molecule has 1 fully saturated rings. The number of aromatic nitrogens is 2. The number of rotatable bonds is 6. The zero-order chi connectivity index (χ0) is 34.5. The molecular weight excluding hydrogens is 671 g/mol. The Bertz CT molecular complexity index is 2030. The van der Waals surface area contributed by atoms with Crippen LogP contribution >= 0.6 is 11.6 Å². The van der Waals surface area contributed by atoms with Gasteiger partial charge in [0.2, 0.25) is 5.95 Å². The van der Waals surface area contributed by atoms with Crippen LogP contribution in [-0.4, -0.2) is 59.2 Å². The number of ether oxygens (including phenoxy) is 1. The highest BCUT2D eigenvalue weighted by atomic mass is 35.5. The van der Waals surface area contributed by atoms with Crippen LogP contribution in [0.15, 0.2) is 47.5 Å².